The van der Waals surface area contributed by atoms with Crippen LogP contribution >= 0.6 is 0 Å². The van der Waals surface area contributed by atoms with E-state index in [9.17, 15) is 0 Å². The topological polar surface area (TPSA) is 22.6 Å². The molecule has 4 nitrogen and oxygen atoms in total. The molecule has 58 heavy (non-hydrogen) atoms. The van der Waals surface area contributed by atoms with Gasteiger partial charge in [-0.05, 0) is 131 Å². The van der Waals surface area contributed by atoms with Gasteiger partial charge in [-0.2, -0.15) is 0 Å². The van der Waals surface area contributed by atoms with Crippen LogP contribution < -0.4 is 14.7 Å². The van der Waals surface area contributed by atoms with Gasteiger partial charge in [0.05, 0.1) is 16.8 Å². The maximum Gasteiger partial charge on any atom is 0.0756 e. The molecule has 274 valence electrons. The molecule has 0 radical (unpaired) electrons. The van der Waals surface area contributed by atoms with Gasteiger partial charge in [-0.15, -0.1) is 0 Å². The van der Waals surface area contributed by atoms with Crippen LogP contribution in [-0.2, 0) is 5.41 Å². The molecule has 1 aromatic heterocycles. The Kier molecular flexibility index (Phi) is 8.00. The molecule has 0 atom stereocenters. The van der Waals surface area contributed by atoms with Crippen molar-refractivity contribution in [3.8, 4) is 11.1 Å². The zero-order valence-corrected chi connectivity index (χ0v) is 31.7. The number of para-hydroxylation sites is 5. The predicted molar refractivity (Wildman–Crippen MR) is 239 cm³/mol. The summed E-state index contributed by atoms with van der Waals surface area (Å²) in [5, 5.41) is 0. The van der Waals surface area contributed by atoms with Crippen LogP contribution in [0.15, 0.2) is 231 Å². The van der Waals surface area contributed by atoms with Crippen molar-refractivity contribution in [2.45, 2.75) is 5.41 Å². The third-order valence-corrected chi connectivity index (χ3v) is 11.7. The minimum absolute atomic E-state index is 0.686. The number of benzene rings is 8. The monoisotopic (exact) mass is 742 g/mol. The van der Waals surface area contributed by atoms with Crippen molar-refractivity contribution in [1.29, 1.82) is 0 Å². The summed E-state index contributed by atoms with van der Waals surface area (Å²) in [6.45, 7) is 0. The maximum atomic E-state index is 4.73. The van der Waals surface area contributed by atoms with Crippen molar-refractivity contribution in [3.05, 3.63) is 253 Å². The zero-order chi connectivity index (χ0) is 38.5. The predicted octanol–water partition coefficient (Wildman–Crippen LogP) is 14.2. The average Bonchev–Trinajstić information content (AvgIpc) is 3.59. The van der Waals surface area contributed by atoms with Crippen LogP contribution in [0.4, 0.5) is 51.2 Å². The summed E-state index contributed by atoms with van der Waals surface area (Å²) in [6, 6.07) is 78.8. The van der Waals surface area contributed by atoms with Gasteiger partial charge in [0, 0.05) is 57.8 Å². The Morgan fingerprint density at radius 2 is 0.759 bits per heavy atom. The van der Waals surface area contributed by atoms with E-state index < -0.39 is 5.41 Å². The first kappa shape index (κ1) is 33.6. The highest BCUT2D eigenvalue weighted by molar-refractivity contribution is 5.98. The van der Waals surface area contributed by atoms with Gasteiger partial charge in [0.1, 0.15) is 0 Å². The van der Waals surface area contributed by atoms with E-state index in [-0.39, 0.29) is 0 Å². The molecule has 11 rings (SSSR count). The molecule has 9 aromatic rings. The van der Waals surface area contributed by atoms with Crippen molar-refractivity contribution in [2.24, 2.45) is 0 Å². The van der Waals surface area contributed by atoms with E-state index in [1.807, 2.05) is 6.20 Å². The summed E-state index contributed by atoms with van der Waals surface area (Å²) in [5.41, 5.74) is 16.5. The molecule has 0 saturated heterocycles. The molecular formula is C54H38N4. The van der Waals surface area contributed by atoms with Gasteiger partial charge >= 0.3 is 0 Å². The molecule has 0 bridgehead atoms. The summed E-state index contributed by atoms with van der Waals surface area (Å²) in [5.74, 6) is 0. The molecule has 0 N–H and O–H groups in total. The molecular weight excluding hydrogens is 705 g/mol. The fourth-order valence-electron chi connectivity index (χ4n) is 9.36. The molecule has 2 heterocycles. The second kappa shape index (κ2) is 13.8. The summed E-state index contributed by atoms with van der Waals surface area (Å²) in [4.78, 5) is 11.9. The highest BCUT2D eigenvalue weighted by Gasteiger charge is 2.52. The van der Waals surface area contributed by atoms with Crippen molar-refractivity contribution in [3.63, 3.8) is 0 Å². The first-order chi connectivity index (χ1) is 28.8. The second-order valence-electron chi connectivity index (χ2n) is 14.8. The minimum Gasteiger partial charge on any atom is -0.310 e. The molecule has 8 aromatic carbocycles. The van der Waals surface area contributed by atoms with Gasteiger partial charge in [-0.3, -0.25) is 4.98 Å². The number of anilines is 9. The van der Waals surface area contributed by atoms with Gasteiger partial charge < -0.3 is 14.7 Å². The lowest BCUT2D eigenvalue weighted by atomic mass is 9.64. The zero-order valence-electron chi connectivity index (χ0n) is 31.7. The van der Waals surface area contributed by atoms with Crippen molar-refractivity contribution >= 4 is 51.2 Å². The van der Waals surface area contributed by atoms with Crippen molar-refractivity contribution < 1.29 is 0 Å². The van der Waals surface area contributed by atoms with Crippen LogP contribution in [0.2, 0.25) is 0 Å². The number of aromatic nitrogens is 1. The van der Waals surface area contributed by atoms with Crippen LogP contribution in [0, 0.1) is 0 Å². The first-order valence-corrected chi connectivity index (χ1v) is 19.8. The Balaban J connectivity index is 1.26. The maximum absolute atomic E-state index is 4.73. The lowest BCUT2D eigenvalue weighted by molar-refractivity contribution is 0.751. The smallest absolute Gasteiger partial charge is 0.0756 e. The van der Waals surface area contributed by atoms with E-state index in [1.165, 1.54) is 27.8 Å². The van der Waals surface area contributed by atoms with E-state index in [0.29, 0.717) is 0 Å². The molecule has 0 fully saturated rings. The molecule has 4 heteroatoms. The molecule has 1 aliphatic carbocycles. The number of rotatable bonds is 7. The quantitative estimate of drug-likeness (QED) is 0.162. The molecule has 2 aliphatic rings. The van der Waals surface area contributed by atoms with E-state index in [2.05, 4.69) is 239 Å². The third-order valence-electron chi connectivity index (χ3n) is 11.7. The van der Waals surface area contributed by atoms with Crippen molar-refractivity contribution in [1.82, 2.24) is 4.98 Å². The van der Waals surface area contributed by atoms with E-state index in [1.54, 1.807) is 0 Å². The molecule has 0 amide bonds. The van der Waals surface area contributed by atoms with Gasteiger partial charge in [0.15, 0.2) is 0 Å². The Bertz CT molecular complexity index is 2640. The summed E-state index contributed by atoms with van der Waals surface area (Å²) in [6.07, 6.45) is 4.02. The lowest BCUT2D eigenvalue weighted by Gasteiger charge is -2.46. The molecule has 1 aliphatic heterocycles. The largest absolute Gasteiger partial charge is 0.310 e. The highest BCUT2D eigenvalue weighted by Crippen LogP contribution is 2.64. The van der Waals surface area contributed by atoms with E-state index in [0.717, 1.165) is 56.7 Å². The summed E-state index contributed by atoms with van der Waals surface area (Å²) in [7, 11) is 0. The normalized spacial score (nSPS) is 12.9. The number of fused-ring (bicyclic) bond motifs is 9. The SMILES string of the molecule is c1ccc(N(c2ccccc2)c2ccc3c(c2)C2(c4ccccc4-c4cnccc42)c2cc(N(c4ccccc4)c4ccccc4)ccc2N3c2ccccc2)cc1. The molecule has 1 spiro atoms. The summed E-state index contributed by atoms with van der Waals surface area (Å²) < 4.78 is 0. The third kappa shape index (κ3) is 5.19. The van der Waals surface area contributed by atoms with Crippen LogP contribution in [0.25, 0.3) is 11.1 Å². The van der Waals surface area contributed by atoms with Crippen LogP contribution in [0.3, 0.4) is 0 Å². The van der Waals surface area contributed by atoms with Gasteiger partial charge in [-0.25, -0.2) is 0 Å². The van der Waals surface area contributed by atoms with Gasteiger partial charge in [0.25, 0.3) is 0 Å². The average molecular weight is 743 g/mol. The first-order valence-electron chi connectivity index (χ1n) is 19.8. The van der Waals surface area contributed by atoms with Crippen LogP contribution in [-0.4, -0.2) is 4.98 Å². The minimum atomic E-state index is -0.686. The molecule has 0 saturated carbocycles. The Labute approximate surface area is 339 Å². The van der Waals surface area contributed by atoms with Gasteiger partial charge in [0.2, 0.25) is 0 Å². The Hall–Kier alpha value is -7.69. The van der Waals surface area contributed by atoms with Crippen molar-refractivity contribution in [2.75, 3.05) is 14.7 Å². The number of hydrogen-bond donors (Lipinski definition) is 0. The van der Waals surface area contributed by atoms with E-state index >= 15 is 0 Å². The summed E-state index contributed by atoms with van der Waals surface area (Å²) >= 11 is 0. The number of pyridine rings is 1. The van der Waals surface area contributed by atoms with Crippen LogP contribution in [0.1, 0.15) is 22.3 Å². The Morgan fingerprint density at radius 1 is 0.345 bits per heavy atom. The molecule has 0 unspecified atom stereocenters. The number of hydrogen-bond acceptors (Lipinski definition) is 4. The fraction of sp³-hybridized carbons (Fsp3) is 0.0185. The Morgan fingerprint density at radius 3 is 1.24 bits per heavy atom. The highest BCUT2D eigenvalue weighted by atomic mass is 15.2. The lowest BCUT2D eigenvalue weighted by Crippen LogP contribution is -2.36. The standard InChI is InChI=1S/C54H38N4/c1-6-18-39(19-7-1)56(40-20-8-2-9-21-40)44-30-32-52-50(36-44)54(48-29-17-16-28-46(48)47-38-55-35-34-49(47)54)51-37-45(31-33-53(51)58(52)43-26-14-5-15-27-43)57(41-22-10-3-11-23-41)42-24-12-4-13-25-42/h1-38H. The van der Waals surface area contributed by atoms with Crippen LogP contribution in [0.5, 0.6) is 0 Å². The second-order valence-corrected chi connectivity index (χ2v) is 14.8. The van der Waals surface area contributed by atoms with Gasteiger partial charge in [-0.1, -0.05) is 115 Å². The number of nitrogens with zero attached hydrogens (tertiary/aromatic N) is 4. The fourth-order valence-corrected chi connectivity index (χ4v) is 9.36. The van der Waals surface area contributed by atoms with E-state index in [4.69, 9.17) is 4.98 Å².